The second-order valence-electron chi connectivity index (χ2n) is 6.02. The van der Waals surface area contributed by atoms with Gasteiger partial charge >= 0.3 is 5.69 Å². The highest BCUT2D eigenvalue weighted by atomic mass is 35.5. The first-order valence-electron chi connectivity index (χ1n) is 8.32. The average molecular weight is 430 g/mol. The number of hydrogen-bond donors (Lipinski definition) is 2. The summed E-state index contributed by atoms with van der Waals surface area (Å²) in [5.41, 5.74) is 6.09. The number of ether oxygens (including phenoxy) is 1. The third kappa shape index (κ3) is 3.22. The van der Waals surface area contributed by atoms with Gasteiger partial charge < -0.3 is 15.5 Å². The van der Waals surface area contributed by atoms with Crippen LogP contribution in [-0.2, 0) is 0 Å². The molecule has 0 fully saturated rings. The van der Waals surface area contributed by atoms with Crippen molar-refractivity contribution in [3.8, 4) is 22.8 Å². The average Bonchev–Trinajstić information content (AvgIpc) is 3.04. The summed E-state index contributed by atoms with van der Waals surface area (Å²) in [6.07, 6.45) is 0. The Balaban J connectivity index is 2.08. The van der Waals surface area contributed by atoms with Crippen molar-refractivity contribution in [2.75, 3.05) is 7.11 Å². The Morgan fingerprint density at radius 2 is 1.90 bits per heavy atom. The fraction of sp³-hybridized carbons (Fsp3) is 0.0526. The molecule has 0 aliphatic heterocycles. The highest BCUT2D eigenvalue weighted by Gasteiger charge is 2.21. The maximum absolute atomic E-state index is 12.7. The van der Waals surface area contributed by atoms with Gasteiger partial charge in [0.25, 0.3) is 5.91 Å². The molecule has 4 aromatic rings. The van der Waals surface area contributed by atoms with Crippen LogP contribution in [0.15, 0.2) is 47.3 Å². The second-order valence-corrected chi connectivity index (χ2v) is 6.84. The lowest BCUT2D eigenvalue weighted by Gasteiger charge is -2.09. The van der Waals surface area contributed by atoms with Crippen LogP contribution in [0, 0.1) is 0 Å². The molecule has 0 radical (unpaired) electrons. The van der Waals surface area contributed by atoms with E-state index in [1.165, 1.54) is 17.7 Å². The highest BCUT2D eigenvalue weighted by molar-refractivity contribution is 6.42. The zero-order chi connectivity index (χ0) is 20.7. The maximum Gasteiger partial charge on any atom is 0.332 e. The minimum Gasteiger partial charge on any atom is -0.496 e. The Morgan fingerprint density at radius 1 is 1.14 bits per heavy atom. The molecule has 29 heavy (non-hydrogen) atoms. The van der Waals surface area contributed by atoms with Crippen LogP contribution in [0.2, 0.25) is 10.0 Å². The molecule has 0 aliphatic carbocycles. The number of rotatable bonds is 4. The summed E-state index contributed by atoms with van der Waals surface area (Å²) >= 11 is 12.1. The molecule has 2 aromatic carbocycles. The number of nitrogens with zero attached hydrogens (tertiary/aromatic N) is 3. The van der Waals surface area contributed by atoms with Crippen molar-refractivity contribution in [3.05, 3.63) is 68.7 Å². The van der Waals surface area contributed by atoms with E-state index in [0.717, 1.165) is 0 Å². The second kappa shape index (κ2) is 7.23. The van der Waals surface area contributed by atoms with Crippen molar-refractivity contribution in [3.63, 3.8) is 0 Å². The fourth-order valence-corrected chi connectivity index (χ4v) is 3.27. The minimum atomic E-state index is -0.809. The number of primary amides is 1. The van der Waals surface area contributed by atoms with E-state index >= 15 is 0 Å². The molecule has 1 amide bonds. The van der Waals surface area contributed by atoms with Crippen LogP contribution in [0.25, 0.3) is 28.2 Å². The predicted octanol–water partition coefficient (Wildman–Crippen LogP) is 3.19. The topological polar surface area (TPSA) is 116 Å². The number of H-pyrrole nitrogens is 1. The van der Waals surface area contributed by atoms with Crippen molar-refractivity contribution in [2.24, 2.45) is 5.73 Å². The van der Waals surface area contributed by atoms with Crippen molar-refractivity contribution in [1.82, 2.24) is 19.5 Å². The van der Waals surface area contributed by atoms with Gasteiger partial charge in [-0.15, -0.1) is 0 Å². The zero-order valence-corrected chi connectivity index (χ0v) is 16.5. The predicted molar refractivity (Wildman–Crippen MR) is 110 cm³/mol. The van der Waals surface area contributed by atoms with E-state index in [1.807, 2.05) is 0 Å². The van der Waals surface area contributed by atoms with E-state index in [0.29, 0.717) is 22.0 Å². The SMILES string of the molecule is COc1ccccc1-c1nc(C(N)=O)c2[nH]c(=O)n(-c3ccc(Cl)c(Cl)c3)c2n1. The molecule has 0 saturated carbocycles. The summed E-state index contributed by atoms with van der Waals surface area (Å²) in [7, 11) is 1.51. The van der Waals surface area contributed by atoms with Crippen LogP contribution in [0.4, 0.5) is 0 Å². The first-order valence-corrected chi connectivity index (χ1v) is 9.07. The molecule has 0 aliphatic rings. The summed E-state index contributed by atoms with van der Waals surface area (Å²) in [5.74, 6) is -0.131. The molecule has 10 heteroatoms. The van der Waals surface area contributed by atoms with E-state index in [2.05, 4.69) is 15.0 Å². The molecule has 3 N–H and O–H groups in total. The lowest BCUT2D eigenvalue weighted by Crippen LogP contribution is -2.15. The molecule has 2 heterocycles. The number of nitrogens with one attached hydrogen (secondary N) is 1. The Kier molecular flexibility index (Phi) is 4.73. The van der Waals surface area contributed by atoms with E-state index in [1.54, 1.807) is 36.4 Å². The fourth-order valence-electron chi connectivity index (χ4n) is 2.98. The largest absolute Gasteiger partial charge is 0.496 e. The molecule has 0 spiro atoms. The van der Waals surface area contributed by atoms with Gasteiger partial charge in [-0.3, -0.25) is 4.79 Å². The van der Waals surface area contributed by atoms with Gasteiger partial charge in [-0.1, -0.05) is 35.3 Å². The number of carbonyl (C=O) groups excluding carboxylic acids is 1. The Labute approximate surface area is 173 Å². The van der Waals surface area contributed by atoms with Gasteiger partial charge in [0.2, 0.25) is 0 Å². The number of carbonyl (C=O) groups is 1. The van der Waals surface area contributed by atoms with Crippen LogP contribution in [0.1, 0.15) is 10.5 Å². The van der Waals surface area contributed by atoms with Gasteiger partial charge in [-0.25, -0.2) is 19.3 Å². The number of amides is 1. The summed E-state index contributed by atoms with van der Waals surface area (Å²) in [6, 6.07) is 11.7. The third-order valence-corrected chi connectivity index (χ3v) is 5.02. The van der Waals surface area contributed by atoms with Gasteiger partial charge in [-0.2, -0.15) is 0 Å². The van der Waals surface area contributed by atoms with Crippen molar-refractivity contribution < 1.29 is 9.53 Å². The number of hydrogen-bond acceptors (Lipinski definition) is 5. The summed E-state index contributed by atoms with van der Waals surface area (Å²) in [5, 5.41) is 0.602. The van der Waals surface area contributed by atoms with Gasteiger partial charge in [0.05, 0.1) is 28.4 Å². The van der Waals surface area contributed by atoms with Crippen LogP contribution < -0.4 is 16.2 Å². The number of nitrogens with two attached hydrogens (primary N) is 1. The minimum absolute atomic E-state index is 0.118. The number of fused-ring (bicyclic) bond motifs is 1. The van der Waals surface area contributed by atoms with Crippen LogP contribution in [-0.4, -0.2) is 32.5 Å². The Bertz CT molecular complexity index is 1330. The Hall–Kier alpha value is -3.36. The van der Waals surface area contributed by atoms with Gasteiger partial charge in [-0.05, 0) is 30.3 Å². The molecule has 2 aromatic heterocycles. The Morgan fingerprint density at radius 3 is 2.59 bits per heavy atom. The number of aromatic amines is 1. The number of halogens is 2. The normalized spacial score (nSPS) is 11.0. The highest BCUT2D eigenvalue weighted by Crippen LogP contribution is 2.30. The number of methoxy groups -OCH3 is 1. The molecule has 0 saturated heterocycles. The van der Waals surface area contributed by atoms with E-state index < -0.39 is 11.6 Å². The van der Waals surface area contributed by atoms with Gasteiger partial charge in [0.15, 0.2) is 17.2 Å². The monoisotopic (exact) mass is 429 g/mol. The molecule has 0 atom stereocenters. The maximum atomic E-state index is 12.7. The molecule has 8 nitrogen and oxygen atoms in total. The lowest BCUT2D eigenvalue weighted by atomic mass is 10.2. The molecular formula is C19H13Cl2N5O3. The standard InChI is InChI=1S/C19H13Cl2N5O3/c1-29-13-5-3-2-4-10(13)17-23-14(16(22)27)15-18(25-17)26(19(28)24-15)9-6-7-11(20)12(21)8-9/h2-8H,1H3,(H2,22,27)(H,24,28). The van der Waals surface area contributed by atoms with Crippen molar-refractivity contribution in [1.29, 1.82) is 0 Å². The number of aromatic nitrogens is 4. The first kappa shape index (κ1) is 19.0. The summed E-state index contributed by atoms with van der Waals surface area (Å²) in [4.78, 5) is 36.1. The van der Waals surface area contributed by atoms with E-state index in [-0.39, 0.29) is 27.7 Å². The van der Waals surface area contributed by atoms with Gasteiger partial charge in [0, 0.05) is 0 Å². The first-order chi connectivity index (χ1) is 13.9. The van der Waals surface area contributed by atoms with E-state index in [4.69, 9.17) is 33.7 Å². The van der Waals surface area contributed by atoms with Crippen LogP contribution in [0.5, 0.6) is 5.75 Å². The van der Waals surface area contributed by atoms with Crippen molar-refractivity contribution in [2.45, 2.75) is 0 Å². The van der Waals surface area contributed by atoms with Crippen LogP contribution in [0.3, 0.4) is 0 Å². The third-order valence-electron chi connectivity index (χ3n) is 4.28. The lowest BCUT2D eigenvalue weighted by molar-refractivity contribution is 0.0997. The van der Waals surface area contributed by atoms with Crippen molar-refractivity contribution >= 4 is 40.3 Å². The smallest absolute Gasteiger partial charge is 0.332 e. The van der Waals surface area contributed by atoms with Crippen LogP contribution >= 0.6 is 23.2 Å². The molecule has 4 rings (SSSR count). The summed E-state index contributed by atoms with van der Waals surface area (Å²) in [6.45, 7) is 0. The zero-order valence-electron chi connectivity index (χ0n) is 14.9. The number of benzene rings is 2. The number of para-hydroxylation sites is 1. The number of imidazole rings is 1. The van der Waals surface area contributed by atoms with Gasteiger partial charge in [0.1, 0.15) is 11.3 Å². The molecule has 0 bridgehead atoms. The molecule has 146 valence electrons. The molecular weight excluding hydrogens is 417 g/mol. The molecule has 0 unspecified atom stereocenters. The summed E-state index contributed by atoms with van der Waals surface area (Å²) < 4.78 is 6.62. The van der Waals surface area contributed by atoms with E-state index in [9.17, 15) is 9.59 Å². The quantitative estimate of drug-likeness (QED) is 0.516.